The van der Waals surface area contributed by atoms with Crippen LogP contribution in [0.2, 0.25) is 5.02 Å². The normalized spacial score (nSPS) is 11.2. The van der Waals surface area contributed by atoms with E-state index in [4.69, 9.17) is 11.6 Å². The standard InChI is InChI=1S/C14H22ClN3O3S/c1-2-22(20,21)18-9-4-8-16-14(19)17-10-7-12-5-3-6-13(15)11-12/h3,5-6,11,18H,2,4,7-10H2,1H3,(H2,16,17,19). The molecule has 2 amide bonds. The maximum Gasteiger partial charge on any atom is 0.314 e. The third-order valence-electron chi connectivity index (χ3n) is 2.93. The van der Waals surface area contributed by atoms with E-state index in [1.54, 1.807) is 13.0 Å². The van der Waals surface area contributed by atoms with Gasteiger partial charge in [-0.1, -0.05) is 23.7 Å². The van der Waals surface area contributed by atoms with Crippen LogP contribution in [0.1, 0.15) is 18.9 Å². The molecule has 8 heteroatoms. The number of benzene rings is 1. The fourth-order valence-electron chi connectivity index (χ4n) is 1.70. The number of hydrogen-bond donors (Lipinski definition) is 3. The summed E-state index contributed by atoms with van der Waals surface area (Å²) in [7, 11) is -3.16. The van der Waals surface area contributed by atoms with Gasteiger partial charge in [0.25, 0.3) is 0 Å². The van der Waals surface area contributed by atoms with Crippen molar-refractivity contribution < 1.29 is 13.2 Å². The van der Waals surface area contributed by atoms with E-state index in [0.717, 1.165) is 5.56 Å². The van der Waals surface area contributed by atoms with Gasteiger partial charge in [-0.2, -0.15) is 0 Å². The molecular formula is C14H22ClN3O3S. The van der Waals surface area contributed by atoms with Crippen LogP contribution in [-0.2, 0) is 16.4 Å². The zero-order chi connectivity index (χ0) is 16.4. The van der Waals surface area contributed by atoms with Crippen LogP contribution in [0, 0.1) is 0 Å². The van der Waals surface area contributed by atoms with E-state index >= 15 is 0 Å². The van der Waals surface area contributed by atoms with Crippen molar-refractivity contribution in [2.45, 2.75) is 19.8 Å². The lowest BCUT2D eigenvalue weighted by atomic mass is 10.1. The molecule has 0 aliphatic carbocycles. The summed E-state index contributed by atoms with van der Waals surface area (Å²) < 4.78 is 24.8. The molecule has 1 aromatic rings. The highest BCUT2D eigenvalue weighted by molar-refractivity contribution is 7.89. The van der Waals surface area contributed by atoms with Crippen LogP contribution in [0.25, 0.3) is 0 Å². The molecule has 0 aliphatic rings. The van der Waals surface area contributed by atoms with Crippen LogP contribution in [-0.4, -0.2) is 39.8 Å². The van der Waals surface area contributed by atoms with Crippen LogP contribution in [0.4, 0.5) is 4.79 Å². The highest BCUT2D eigenvalue weighted by Gasteiger charge is 2.05. The Balaban J connectivity index is 2.09. The van der Waals surface area contributed by atoms with Crippen molar-refractivity contribution in [2.24, 2.45) is 0 Å². The molecule has 1 aromatic carbocycles. The van der Waals surface area contributed by atoms with Crippen molar-refractivity contribution >= 4 is 27.7 Å². The lowest BCUT2D eigenvalue weighted by molar-refractivity contribution is 0.241. The molecule has 0 heterocycles. The number of nitrogens with one attached hydrogen (secondary N) is 3. The molecule has 6 nitrogen and oxygen atoms in total. The monoisotopic (exact) mass is 347 g/mol. The number of halogens is 1. The Hall–Kier alpha value is -1.31. The van der Waals surface area contributed by atoms with Gasteiger partial charge >= 0.3 is 6.03 Å². The number of urea groups is 1. The molecule has 0 spiro atoms. The summed E-state index contributed by atoms with van der Waals surface area (Å²) in [6.45, 7) is 2.82. The first kappa shape index (κ1) is 18.7. The van der Waals surface area contributed by atoms with Crippen LogP contribution in [0.3, 0.4) is 0 Å². The van der Waals surface area contributed by atoms with Gasteiger partial charge in [0.05, 0.1) is 5.75 Å². The summed E-state index contributed by atoms with van der Waals surface area (Å²) in [5.74, 6) is 0.0599. The number of carbonyl (C=O) groups is 1. The smallest absolute Gasteiger partial charge is 0.314 e. The number of amides is 2. The molecule has 0 aliphatic heterocycles. The van der Waals surface area contributed by atoms with Crippen molar-refractivity contribution in [3.8, 4) is 0 Å². The maximum absolute atomic E-state index is 11.5. The van der Waals surface area contributed by atoms with Gasteiger partial charge in [0.1, 0.15) is 0 Å². The van der Waals surface area contributed by atoms with Crippen molar-refractivity contribution in [1.29, 1.82) is 0 Å². The van der Waals surface area contributed by atoms with Gasteiger partial charge in [0.15, 0.2) is 0 Å². The second kappa shape index (κ2) is 9.66. The van der Waals surface area contributed by atoms with Gasteiger partial charge in [0.2, 0.25) is 10.0 Å². The van der Waals surface area contributed by atoms with E-state index in [0.29, 0.717) is 37.5 Å². The molecule has 0 atom stereocenters. The Morgan fingerprint density at radius 3 is 2.59 bits per heavy atom. The number of hydrogen-bond acceptors (Lipinski definition) is 3. The first-order chi connectivity index (χ1) is 10.4. The third-order valence-corrected chi connectivity index (χ3v) is 4.57. The van der Waals surface area contributed by atoms with Gasteiger partial charge in [-0.3, -0.25) is 0 Å². The molecule has 0 bridgehead atoms. The molecule has 1 rings (SSSR count). The van der Waals surface area contributed by atoms with Crippen LogP contribution in [0.5, 0.6) is 0 Å². The molecule has 0 radical (unpaired) electrons. The lowest BCUT2D eigenvalue weighted by Gasteiger charge is -2.08. The molecular weight excluding hydrogens is 326 g/mol. The van der Waals surface area contributed by atoms with E-state index in [9.17, 15) is 13.2 Å². The van der Waals surface area contributed by atoms with Crippen LogP contribution in [0.15, 0.2) is 24.3 Å². The number of sulfonamides is 1. The summed E-state index contributed by atoms with van der Waals surface area (Å²) in [5.41, 5.74) is 1.06. The topological polar surface area (TPSA) is 87.3 Å². The molecule has 0 aromatic heterocycles. The zero-order valence-electron chi connectivity index (χ0n) is 12.6. The largest absolute Gasteiger partial charge is 0.338 e. The Morgan fingerprint density at radius 1 is 1.18 bits per heavy atom. The molecule has 0 unspecified atom stereocenters. The van der Waals surface area contributed by atoms with Crippen molar-refractivity contribution in [3.63, 3.8) is 0 Å². The van der Waals surface area contributed by atoms with E-state index in [1.807, 2.05) is 18.2 Å². The first-order valence-corrected chi connectivity index (χ1v) is 9.19. The average molecular weight is 348 g/mol. The Morgan fingerprint density at radius 2 is 1.91 bits per heavy atom. The van der Waals surface area contributed by atoms with Gasteiger partial charge in [-0.15, -0.1) is 0 Å². The number of carbonyl (C=O) groups excluding carboxylic acids is 1. The molecule has 3 N–H and O–H groups in total. The highest BCUT2D eigenvalue weighted by atomic mass is 35.5. The minimum Gasteiger partial charge on any atom is -0.338 e. The fraction of sp³-hybridized carbons (Fsp3) is 0.500. The molecule has 0 saturated carbocycles. The van der Waals surface area contributed by atoms with Crippen molar-refractivity contribution in [1.82, 2.24) is 15.4 Å². The van der Waals surface area contributed by atoms with Crippen molar-refractivity contribution in [3.05, 3.63) is 34.9 Å². The fourth-order valence-corrected chi connectivity index (χ4v) is 2.57. The number of rotatable bonds is 9. The lowest BCUT2D eigenvalue weighted by Crippen LogP contribution is -2.38. The predicted molar refractivity (Wildman–Crippen MR) is 88.6 cm³/mol. The highest BCUT2D eigenvalue weighted by Crippen LogP contribution is 2.10. The summed E-state index contributed by atoms with van der Waals surface area (Å²) in [6, 6.07) is 7.22. The third kappa shape index (κ3) is 8.21. The zero-order valence-corrected chi connectivity index (χ0v) is 14.1. The van der Waals surface area contributed by atoms with Gasteiger partial charge in [0, 0.05) is 24.7 Å². The molecule has 124 valence electrons. The van der Waals surface area contributed by atoms with Gasteiger partial charge in [-0.25, -0.2) is 17.9 Å². The Kier molecular flexibility index (Phi) is 8.22. The van der Waals surface area contributed by atoms with E-state index in [2.05, 4.69) is 15.4 Å². The summed E-state index contributed by atoms with van der Waals surface area (Å²) in [5, 5.41) is 6.09. The van der Waals surface area contributed by atoms with Crippen LogP contribution >= 0.6 is 11.6 Å². The minimum absolute atomic E-state index is 0.0599. The van der Waals surface area contributed by atoms with Crippen molar-refractivity contribution in [2.75, 3.05) is 25.4 Å². The second-order valence-electron chi connectivity index (χ2n) is 4.71. The van der Waals surface area contributed by atoms with Gasteiger partial charge < -0.3 is 10.6 Å². The molecule has 0 fully saturated rings. The Bertz CT molecular complexity index is 578. The summed E-state index contributed by atoms with van der Waals surface area (Å²) in [4.78, 5) is 11.5. The first-order valence-electron chi connectivity index (χ1n) is 7.16. The van der Waals surface area contributed by atoms with Crippen LogP contribution < -0.4 is 15.4 Å². The van der Waals surface area contributed by atoms with E-state index in [1.165, 1.54) is 0 Å². The molecule has 0 saturated heterocycles. The quantitative estimate of drug-likeness (QED) is 0.592. The van der Waals surface area contributed by atoms with Gasteiger partial charge in [-0.05, 0) is 37.5 Å². The SMILES string of the molecule is CCS(=O)(=O)NCCCNC(=O)NCCc1cccc(Cl)c1. The minimum atomic E-state index is -3.16. The second-order valence-corrected chi connectivity index (χ2v) is 7.25. The summed E-state index contributed by atoms with van der Waals surface area (Å²) in [6.07, 6.45) is 1.24. The molecule has 22 heavy (non-hydrogen) atoms. The summed E-state index contributed by atoms with van der Waals surface area (Å²) >= 11 is 5.88. The average Bonchev–Trinajstić information content (AvgIpc) is 2.47. The Labute approximate surface area is 136 Å². The predicted octanol–water partition coefficient (Wildman–Crippen LogP) is 1.51. The van der Waals surface area contributed by atoms with E-state index in [-0.39, 0.29) is 11.8 Å². The van der Waals surface area contributed by atoms with E-state index < -0.39 is 10.0 Å². The maximum atomic E-state index is 11.5.